The van der Waals surface area contributed by atoms with Crippen molar-refractivity contribution in [3.8, 4) is 23.0 Å². The summed E-state index contributed by atoms with van der Waals surface area (Å²) in [6.07, 6.45) is 13.6. The Hall–Kier alpha value is -3.94. The zero-order valence-electron chi connectivity index (χ0n) is 23.2. The molecule has 2 aromatic carbocycles. The Labute approximate surface area is 240 Å². The van der Waals surface area contributed by atoms with Crippen LogP contribution in [0.25, 0.3) is 12.2 Å². The first-order valence-corrected chi connectivity index (χ1v) is 14.9. The van der Waals surface area contributed by atoms with Gasteiger partial charge >= 0.3 is 0 Å². The maximum absolute atomic E-state index is 14.1. The van der Waals surface area contributed by atoms with Crippen molar-refractivity contribution in [1.82, 2.24) is 9.80 Å². The van der Waals surface area contributed by atoms with Crippen molar-refractivity contribution in [3.63, 3.8) is 0 Å². The number of likely N-dealkylation sites (tertiary alicyclic amines) is 2. The quantitative estimate of drug-likeness (QED) is 0.499. The standard InChI is InChI=1S/C33H36N2O6/c36-32(34-14-2-1-3-15-34)30-24(10-6-22-8-12-26-28(18-22)40-20-38-26)25(31(30)33(37)35-16-4-5-17-35)11-7-23-9-13-27-29(19-23)41-21-39-27/h6-13,18-19,24-25,30-31H,1-5,14-17,20-21H2/b10-6+,11-7+/t24-,25-,30+,31+/m1/s1. The van der Waals surface area contributed by atoms with Gasteiger partial charge < -0.3 is 28.7 Å². The van der Waals surface area contributed by atoms with E-state index in [0.717, 1.165) is 92.4 Å². The number of benzene rings is 2. The molecule has 1 aliphatic carbocycles. The third-order valence-corrected chi connectivity index (χ3v) is 9.13. The monoisotopic (exact) mass is 556 g/mol. The van der Waals surface area contributed by atoms with Gasteiger partial charge in [0, 0.05) is 26.2 Å². The van der Waals surface area contributed by atoms with Gasteiger partial charge in [-0.15, -0.1) is 0 Å². The Morgan fingerprint density at radius 2 is 1.00 bits per heavy atom. The second-order valence-corrected chi connectivity index (χ2v) is 11.6. The molecule has 0 unspecified atom stereocenters. The maximum atomic E-state index is 14.1. The van der Waals surface area contributed by atoms with Crippen molar-refractivity contribution in [3.05, 3.63) is 59.7 Å². The molecule has 4 heterocycles. The van der Waals surface area contributed by atoms with Crippen LogP contribution in [0.15, 0.2) is 48.6 Å². The number of carbonyl (C=O) groups is 2. The first kappa shape index (κ1) is 26.0. The highest BCUT2D eigenvalue weighted by Gasteiger charge is 2.57. The molecular formula is C33H36N2O6. The zero-order valence-corrected chi connectivity index (χ0v) is 23.2. The molecule has 8 heteroatoms. The molecule has 0 N–H and O–H groups in total. The summed E-state index contributed by atoms with van der Waals surface area (Å²) in [5.41, 5.74) is 1.96. The van der Waals surface area contributed by atoms with Crippen LogP contribution in [0.3, 0.4) is 0 Å². The predicted octanol–water partition coefficient (Wildman–Crippen LogP) is 4.98. The van der Waals surface area contributed by atoms with Crippen molar-refractivity contribution < 1.29 is 28.5 Å². The van der Waals surface area contributed by atoms with Crippen LogP contribution in [0.2, 0.25) is 0 Å². The number of allylic oxidation sites excluding steroid dienone is 2. The van der Waals surface area contributed by atoms with Crippen molar-refractivity contribution in [1.29, 1.82) is 0 Å². The molecular weight excluding hydrogens is 520 g/mol. The van der Waals surface area contributed by atoms with Gasteiger partial charge in [0.05, 0.1) is 11.8 Å². The normalized spacial score (nSPS) is 26.6. The lowest BCUT2D eigenvalue weighted by molar-refractivity contribution is -0.160. The van der Waals surface area contributed by atoms with Gasteiger partial charge in [0.15, 0.2) is 23.0 Å². The molecule has 214 valence electrons. The number of hydrogen-bond acceptors (Lipinski definition) is 6. The lowest BCUT2D eigenvalue weighted by Crippen LogP contribution is -2.59. The lowest BCUT2D eigenvalue weighted by atomic mass is 9.55. The lowest BCUT2D eigenvalue weighted by Gasteiger charge is -2.50. The minimum atomic E-state index is -0.377. The molecule has 2 aromatic rings. The number of ether oxygens (including phenoxy) is 4. The Morgan fingerprint density at radius 1 is 0.585 bits per heavy atom. The molecule has 1 saturated carbocycles. The molecule has 0 spiro atoms. The van der Waals surface area contributed by atoms with Gasteiger partial charge in [-0.2, -0.15) is 0 Å². The van der Waals surface area contributed by atoms with E-state index < -0.39 is 0 Å². The highest BCUT2D eigenvalue weighted by molar-refractivity contribution is 5.91. The highest BCUT2D eigenvalue weighted by atomic mass is 16.7. The van der Waals surface area contributed by atoms with Crippen molar-refractivity contribution in [2.24, 2.45) is 23.7 Å². The second kappa shape index (κ2) is 11.1. The van der Waals surface area contributed by atoms with E-state index in [9.17, 15) is 9.59 Å². The summed E-state index contributed by atoms with van der Waals surface area (Å²) in [7, 11) is 0. The Bertz CT molecular complexity index is 1370. The summed E-state index contributed by atoms with van der Waals surface area (Å²) < 4.78 is 22.1. The van der Waals surface area contributed by atoms with Gasteiger partial charge in [-0.3, -0.25) is 9.59 Å². The zero-order chi connectivity index (χ0) is 27.8. The summed E-state index contributed by atoms with van der Waals surface area (Å²) in [4.78, 5) is 32.0. The van der Waals surface area contributed by atoms with Gasteiger partial charge in [0.2, 0.25) is 25.4 Å². The van der Waals surface area contributed by atoms with E-state index in [-0.39, 0.29) is 49.1 Å². The average molecular weight is 557 g/mol. The number of carbonyl (C=O) groups excluding carboxylic acids is 2. The molecule has 3 fully saturated rings. The Balaban J connectivity index is 1.22. The fraction of sp³-hybridized carbons (Fsp3) is 0.455. The van der Waals surface area contributed by atoms with E-state index in [1.807, 2.05) is 46.2 Å². The minimum Gasteiger partial charge on any atom is -0.454 e. The van der Waals surface area contributed by atoms with Gasteiger partial charge in [0.25, 0.3) is 0 Å². The maximum Gasteiger partial charge on any atom is 0.231 e. The first-order chi connectivity index (χ1) is 20.2. The number of fused-ring (bicyclic) bond motifs is 2. The number of nitrogens with zero attached hydrogens (tertiary/aromatic N) is 2. The number of amides is 2. The van der Waals surface area contributed by atoms with E-state index in [2.05, 4.69) is 24.3 Å². The Kier molecular flexibility index (Phi) is 7.07. The van der Waals surface area contributed by atoms with E-state index in [1.165, 1.54) is 0 Å². The number of piperidine rings is 1. The van der Waals surface area contributed by atoms with Crippen LogP contribution in [0.1, 0.15) is 43.2 Å². The SMILES string of the molecule is O=C([C@H]1[C@H](/C=C/c2ccc3c(c2)OCO3)[C@@H](/C=C/c2ccc3c(c2)OCO3)[C@@H]1C(=O)N1CCCC1)N1CCCCC1. The van der Waals surface area contributed by atoms with Crippen LogP contribution in [0.5, 0.6) is 23.0 Å². The summed E-state index contributed by atoms with van der Waals surface area (Å²) in [5, 5.41) is 0. The van der Waals surface area contributed by atoms with E-state index in [4.69, 9.17) is 18.9 Å². The topological polar surface area (TPSA) is 77.5 Å². The summed E-state index contributed by atoms with van der Waals surface area (Å²) in [6, 6.07) is 11.7. The summed E-state index contributed by atoms with van der Waals surface area (Å²) in [5.74, 6) is 2.22. The van der Waals surface area contributed by atoms with Crippen molar-refractivity contribution >= 4 is 24.0 Å². The van der Waals surface area contributed by atoms with Crippen molar-refractivity contribution in [2.75, 3.05) is 39.8 Å². The number of hydrogen-bond donors (Lipinski definition) is 0. The average Bonchev–Trinajstić information content (AvgIpc) is 3.78. The van der Waals surface area contributed by atoms with Gasteiger partial charge in [-0.25, -0.2) is 0 Å². The van der Waals surface area contributed by atoms with E-state index in [1.54, 1.807) is 0 Å². The molecule has 2 amide bonds. The largest absolute Gasteiger partial charge is 0.454 e. The van der Waals surface area contributed by atoms with Gasteiger partial charge in [0.1, 0.15) is 0 Å². The van der Waals surface area contributed by atoms with Gasteiger partial charge in [-0.1, -0.05) is 36.4 Å². The molecule has 41 heavy (non-hydrogen) atoms. The van der Waals surface area contributed by atoms with Crippen LogP contribution in [0.4, 0.5) is 0 Å². The van der Waals surface area contributed by atoms with Crippen LogP contribution in [0, 0.1) is 23.7 Å². The van der Waals surface area contributed by atoms with Crippen LogP contribution >= 0.6 is 0 Å². The fourth-order valence-electron chi connectivity index (χ4n) is 6.90. The third-order valence-electron chi connectivity index (χ3n) is 9.13. The molecule has 8 nitrogen and oxygen atoms in total. The minimum absolute atomic E-state index is 0.0995. The van der Waals surface area contributed by atoms with Gasteiger partial charge in [-0.05, 0) is 79.3 Å². The van der Waals surface area contributed by atoms with Crippen LogP contribution in [-0.4, -0.2) is 61.4 Å². The summed E-state index contributed by atoms with van der Waals surface area (Å²) in [6.45, 7) is 3.55. The second-order valence-electron chi connectivity index (χ2n) is 11.6. The third kappa shape index (κ3) is 5.04. The van der Waals surface area contributed by atoms with Crippen LogP contribution in [-0.2, 0) is 9.59 Å². The molecule has 0 bridgehead atoms. The molecule has 2 saturated heterocycles. The molecule has 7 rings (SSSR count). The first-order valence-electron chi connectivity index (χ1n) is 14.9. The molecule has 4 atom stereocenters. The van der Waals surface area contributed by atoms with E-state index in [0.29, 0.717) is 0 Å². The number of rotatable bonds is 6. The van der Waals surface area contributed by atoms with E-state index >= 15 is 0 Å². The summed E-state index contributed by atoms with van der Waals surface area (Å²) >= 11 is 0. The molecule has 0 aromatic heterocycles. The molecule has 5 aliphatic rings. The Morgan fingerprint density at radius 3 is 1.46 bits per heavy atom. The fourth-order valence-corrected chi connectivity index (χ4v) is 6.90. The molecule has 4 aliphatic heterocycles. The highest BCUT2D eigenvalue weighted by Crippen LogP contribution is 2.51. The van der Waals surface area contributed by atoms with Crippen LogP contribution < -0.4 is 18.9 Å². The predicted molar refractivity (Wildman–Crippen MR) is 153 cm³/mol. The smallest absolute Gasteiger partial charge is 0.231 e. The van der Waals surface area contributed by atoms with Crippen molar-refractivity contribution in [2.45, 2.75) is 32.1 Å². The molecule has 0 radical (unpaired) electrons.